The van der Waals surface area contributed by atoms with Crippen molar-refractivity contribution in [2.75, 3.05) is 11.4 Å². The number of rotatable bonds is 8. The molecule has 0 saturated heterocycles. The normalized spacial score (nSPS) is 12.1. The summed E-state index contributed by atoms with van der Waals surface area (Å²) in [7, 11) is 0. The molecule has 1 atom stereocenters. The average Bonchev–Trinajstić information content (AvgIpc) is 2.38. The molecule has 0 bridgehead atoms. The summed E-state index contributed by atoms with van der Waals surface area (Å²) in [6.07, 6.45) is 3.46. The highest BCUT2D eigenvalue weighted by molar-refractivity contribution is 5.67. The predicted molar refractivity (Wildman–Crippen MR) is 75.0 cm³/mol. The Morgan fingerprint density at radius 1 is 1.28 bits per heavy atom. The third-order valence-electron chi connectivity index (χ3n) is 3.19. The van der Waals surface area contributed by atoms with Crippen molar-refractivity contribution in [3.8, 4) is 0 Å². The largest absolute Gasteiger partial charge is 0.481 e. The van der Waals surface area contributed by atoms with E-state index in [1.807, 2.05) is 18.2 Å². The van der Waals surface area contributed by atoms with Crippen LogP contribution in [0.5, 0.6) is 0 Å². The van der Waals surface area contributed by atoms with Crippen LogP contribution in [0.15, 0.2) is 30.3 Å². The standard InChI is InChI=1S/C15H23NO2/c1-3-8-13(4-2)16(12-11-15(17)18)14-9-6-5-7-10-14/h5-7,9-10,13H,3-4,8,11-12H2,1-2H3,(H,17,18). The minimum absolute atomic E-state index is 0.190. The van der Waals surface area contributed by atoms with E-state index in [1.165, 1.54) is 0 Å². The summed E-state index contributed by atoms with van der Waals surface area (Å²) >= 11 is 0. The van der Waals surface area contributed by atoms with Crippen LogP contribution < -0.4 is 4.90 Å². The topological polar surface area (TPSA) is 40.5 Å². The number of carboxylic acids is 1. The molecule has 100 valence electrons. The average molecular weight is 249 g/mol. The van der Waals surface area contributed by atoms with Gasteiger partial charge in [-0.2, -0.15) is 0 Å². The Morgan fingerprint density at radius 2 is 1.94 bits per heavy atom. The molecule has 1 aromatic carbocycles. The van der Waals surface area contributed by atoms with Gasteiger partial charge in [-0.15, -0.1) is 0 Å². The highest BCUT2D eigenvalue weighted by Crippen LogP contribution is 2.21. The molecular formula is C15H23NO2. The van der Waals surface area contributed by atoms with Crippen molar-refractivity contribution in [2.45, 2.75) is 45.6 Å². The molecule has 0 aliphatic heterocycles. The maximum Gasteiger partial charge on any atom is 0.305 e. The molecule has 18 heavy (non-hydrogen) atoms. The Kier molecular flexibility index (Phi) is 6.26. The Labute approximate surface area is 109 Å². The van der Waals surface area contributed by atoms with Crippen molar-refractivity contribution in [2.24, 2.45) is 0 Å². The van der Waals surface area contributed by atoms with Gasteiger partial charge in [-0.05, 0) is 25.0 Å². The lowest BCUT2D eigenvalue weighted by Gasteiger charge is -2.33. The van der Waals surface area contributed by atoms with E-state index in [-0.39, 0.29) is 6.42 Å². The number of carbonyl (C=O) groups is 1. The van der Waals surface area contributed by atoms with E-state index in [9.17, 15) is 4.79 Å². The van der Waals surface area contributed by atoms with Crippen LogP contribution in [-0.4, -0.2) is 23.7 Å². The quantitative estimate of drug-likeness (QED) is 0.766. The van der Waals surface area contributed by atoms with Gasteiger partial charge in [-0.1, -0.05) is 38.5 Å². The number of anilines is 1. The first-order valence-corrected chi connectivity index (χ1v) is 6.72. The maximum atomic E-state index is 10.8. The monoisotopic (exact) mass is 249 g/mol. The molecule has 1 aromatic rings. The second-order valence-electron chi connectivity index (χ2n) is 4.52. The highest BCUT2D eigenvalue weighted by Gasteiger charge is 2.17. The van der Waals surface area contributed by atoms with Crippen molar-refractivity contribution in [3.05, 3.63) is 30.3 Å². The first kappa shape index (κ1) is 14.6. The Bertz CT molecular complexity index is 351. The van der Waals surface area contributed by atoms with Gasteiger partial charge in [-0.3, -0.25) is 4.79 Å². The van der Waals surface area contributed by atoms with Crippen LogP contribution >= 0.6 is 0 Å². The van der Waals surface area contributed by atoms with E-state index in [1.54, 1.807) is 0 Å². The number of nitrogens with zero attached hydrogens (tertiary/aromatic N) is 1. The van der Waals surface area contributed by atoms with Gasteiger partial charge >= 0.3 is 5.97 Å². The van der Waals surface area contributed by atoms with Crippen LogP contribution in [0.2, 0.25) is 0 Å². The summed E-state index contributed by atoms with van der Waals surface area (Å²) < 4.78 is 0. The Balaban J connectivity index is 2.83. The zero-order valence-electron chi connectivity index (χ0n) is 11.3. The summed E-state index contributed by atoms with van der Waals surface area (Å²) in [5.74, 6) is -0.734. The van der Waals surface area contributed by atoms with E-state index in [2.05, 4.69) is 30.9 Å². The SMILES string of the molecule is CCCC(CC)N(CCC(=O)O)c1ccccc1. The number of carboxylic acid groups (broad SMARTS) is 1. The number of hydrogen-bond acceptors (Lipinski definition) is 2. The fraction of sp³-hybridized carbons (Fsp3) is 0.533. The van der Waals surface area contributed by atoms with Crippen molar-refractivity contribution < 1.29 is 9.90 Å². The molecule has 0 aliphatic rings. The Hall–Kier alpha value is -1.51. The van der Waals surface area contributed by atoms with Crippen LogP contribution in [0.3, 0.4) is 0 Å². The summed E-state index contributed by atoms with van der Waals surface area (Å²) in [4.78, 5) is 13.0. The van der Waals surface area contributed by atoms with E-state index in [0.29, 0.717) is 12.6 Å². The first-order valence-electron chi connectivity index (χ1n) is 6.72. The van der Waals surface area contributed by atoms with Gasteiger partial charge in [-0.25, -0.2) is 0 Å². The van der Waals surface area contributed by atoms with Crippen LogP contribution in [0.4, 0.5) is 5.69 Å². The fourth-order valence-corrected chi connectivity index (χ4v) is 2.27. The van der Waals surface area contributed by atoms with E-state index < -0.39 is 5.97 Å². The summed E-state index contributed by atoms with van der Waals surface area (Å²) in [5.41, 5.74) is 1.12. The maximum absolute atomic E-state index is 10.8. The van der Waals surface area contributed by atoms with Crippen LogP contribution in [0, 0.1) is 0 Å². The molecule has 0 saturated carbocycles. The molecule has 3 heteroatoms. The summed E-state index contributed by atoms with van der Waals surface area (Å²) in [6.45, 7) is 4.91. The second-order valence-corrected chi connectivity index (χ2v) is 4.52. The molecular weight excluding hydrogens is 226 g/mol. The molecule has 0 amide bonds. The van der Waals surface area contributed by atoms with Gasteiger partial charge in [0.15, 0.2) is 0 Å². The third kappa shape index (κ3) is 4.40. The number of hydrogen-bond donors (Lipinski definition) is 1. The lowest BCUT2D eigenvalue weighted by Crippen LogP contribution is -2.36. The second kappa shape index (κ2) is 7.75. The number of benzene rings is 1. The van der Waals surface area contributed by atoms with E-state index in [4.69, 9.17) is 5.11 Å². The van der Waals surface area contributed by atoms with Crippen molar-refractivity contribution >= 4 is 11.7 Å². The van der Waals surface area contributed by atoms with Gasteiger partial charge in [0.1, 0.15) is 0 Å². The third-order valence-corrected chi connectivity index (χ3v) is 3.19. The summed E-state index contributed by atoms with van der Waals surface area (Å²) in [5, 5.41) is 8.87. The van der Waals surface area contributed by atoms with Gasteiger partial charge < -0.3 is 10.0 Å². The van der Waals surface area contributed by atoms with Gasteiger partial charge in [0.2, 0.25) is 0 Å². The molecule has 0 aromatic heterocycles. The highest BCUT2D eigenvalue weighted by atomic mass is 16.4. The number of para-hydroxylation sites is 1. The number of aliphatic carboxylic acids is 1. The van der Waals surface area contributed by atoms with Gasteiger partial charge in [0.25, 0.3) is 0 Å². The van der Waals surface area contributed by atoms with Crippen molar-refractivity contribution in [3.63, 3.8) is 0 Å². The molecule has 0 spiro atoms. The first-order chi connectivity index (χ1) is 8.69. The van der Waals surface area contributed by atoms with Crippen LogP contribution in [0.25, 0.3) is 0 Å². The van der Waals surface area contributed by atoms with E-state index >= 15 is 0 Å². The molecule has 0 heterocycles. The smallest absolute Gasteiger partial charge is 0.305 e. The van der Waals surface area contributed by atoms with E-state index in [0.717, 1.165) is 24.9 Å². The lowest BCUT2D eigenvalue weighted by molar-refractivity contribution is -0.136. The zero-order chi connectivity index (χ0) is 13.4. The van der Waals surface area contributed by atoms with Crippen LogP contribution in [0.1, 0.15) is 39.5 Å². The van der Waals surface area contributed by atoms with Crippen molar-refractivity contribution in [1.82, 2.24) is 0 Å². The molecule has 3 nitrogen and oxygen atoms in total. The molecule has 0 radical (unpaired) electrons. The fourth-order valence-electron chi connectivity index (χ4n) is 2.27. The van der Waals surface area contributed by atoms with Crippen LogP contribution in [-0.2, 0) is 4.79 Å². The van der Waals surface area contributed by atoms with Crippen molar-refractivity contribution in [1.29, 1.82) is 0 Å². The minimum Gasteiger partial charge on any atom is -0.481 e. The Morgan fingerprint density at radius 3 is 2.44 bits per heavy atom. The molecule has 0 fully saturated rings. The van der Waals surface area contributed by atoms with Gasteiger partial charge in [0.05, 0.1) is 6.42 Å². The molecule has 1 unspecified atom stereocenters. The van der Waals surface area contributed by atoms with Gasteiger partial charge in [0, 0.05) is 18.3 Å². The molecule has 0 aliphatic carbocycles. The zero-order valence-corrected chi connectivity index (χ0v) is 11.3. The summed E-state index contributed by atoms with van der Waals surface area (Å²) in [6, 6.07) is 10.5. The predicted octanol–water partition coefficient (Wildman–Crippen LogP) is 3.55. The lowest BCUT2D eigenvalue weighted by atomic mass is 10.1. The molecule has 1 N–H and O–H groups in total. The molecule has 1 rings (SSSR count). The minimum atomic E-state index is -0.734.